The van der Waals surface area contributed by atoms with E-state index in [2.05, 4.69) is 29.2 Å². The first-order valence-electron chi connectivity index (χ1n) is 8.51. The molecule has 0 bridgehead atoms. The Morgan fingerprint density at radius 2 is 1.54 bits per heavy atom. The summed E-state index contributed by atoms with van der Waals surface area (Å²) in [6, 6.07) is 26.1. The van der Waals surface area contributed by atoms with Crippen molar-refractivity contribution < 1.29 is 9.90 Å². The molecule has 0 aliphatic rings. The first kappa shape index (κ1) is 16.1. The second-order valence-electron chi connectivity index (χ2n) is 6.30. The summed E-state index contributed by atoms with van der Waals surface area (Å²) < 4.78 is 0. The number of nitrogens with one attached hydrogen (secondary N) is 1. The Morgan fingerprint density at radius 3 is 2.12 bits per heavy atom. The van der Waals surface area contributed by atoms with Crippen molar-refractivity contribution in [3.63, 3.8) is 0 Å². The molecule has 0 unspecified atom stereocenters. The minimum Gasteiger partial charge on any atom is -0.481 e. The maximum absolute atomic E-state index is 11.0. The number of aliphatic carboxylic acids is 1. The normalized spacial score (nSPS) is 11.1. The predicted octanol–water partition coefficient (Wildman–Crippen LogP) is 4.37. The van der Waals surface area contributed by atoms with Gasteiger partial charge in [0.2, 0.25) is 0 Å². The van der Waals surface area contributed by atoms with E-state index in [0.29, 0.717) is 0 Å². The number of aromatic amines is 1. The van der Waals surface area contributed by atoms with Gasteiger partial charge in [-0.05, 0) is 28.8 Å². The van der Waals surface area contributed by atoms with Gasteiger partial charge in [-0.1, -0.05) is 66.7 Å². The van der Waals surface area contributed by atoms with Gasteiger partial charge in [-0.2, -0.15) is 0 Å². The summed E-state index contributed by atoms with van der Waals surface area (Å²) in [5.74, 6) is 0.00385. The molecule has 2 N–H and O–H groups in total. The fourth-order valence-electron chi connectivity index (χ4n) is 3.29. The Balaban J connectivity index is 1.82. The van der Waals surface area contributed by atoms with Gasteiger partial charge in [0.15, 0.2) is 0 Å². The number of benzene rings is 3. The lowest BCUT2D eigenvalue weighted by Gasteiger charge is -2.15. The number of fused-ring (bicyclic) bond motifs is 1. The van der Waals surface area contributed by atoms with Crippen LogP contribution in [0.4, 0.5) is 0 Å². The van der Waals surface area contributed by atoms with Crippen LogP contribution in [-0.2, 0) is 11.2 Å². The van der Waals surface area contributed by atoms with Gasteiger partial charge in [0, 0.05) is 0 Å². The molecule has 0 saturated heterocycles. The van der Waals surface area contributed by atoms with E-state index < -0.39 is 5.97 Å². The van der Waals surface area contributed by atoms with E-state index in [-0.39, 0.29) is 12.3 Å². The van der Waals surface area contributed by atoms with Gasteiger partial charge in [0.05, 0.1) is 23.4 Å². The van der Waals surface area contributed by atoms with Crippen LogP contribution in [0.5, 0.6) is 0 Å². The van der Waals surface area contributed by atoms with Crippen molar-refractivity contribution in [2.45, 2.75) is 12.3 Å². The lowest BCUT2D eigenvalue weighted by molar-refractivity contribution is -0.136. The molecular weight excluding hydrogens is 324 g/mol. The number of nitrogens with zero attached hydrogens (tertiary/aromatic N) is 1. The Labute approximate surface area is 151 Å². The third-order valence-corrected chi connectivity index (χ3v) is 4.46. The van der Waals surface area contributed by atoms with Crippen molar-refractivity contribution in [1.82, 2.24) is 9.97 Å². The van der Waals surface area contributed by atoms with Crippen LogP contribution in [0, 0.1) is 0 Å². The minimum atomic E-state index is -0.841. The molecule has 26 heavy (non-hydrogen) atoms. The van der Waals surface area contributed by atoms with Crippen LogP contribution >= 0.6 is 0 Å². The van der Waals surface area contributed by atoms with Gasteiger partial charge in [0.25, 0.3) is 0 Å². The summed E-state index contributed by atoms with van der Waals surface area (Å²) in [5.41, 5.74) is 4.76. The number of hydrogen-bond donors (Lipinski definition) is 2. The highest BCUT2D eigenvalue weighted by Gasteiger charge is 2.20. The van der Waals surface area contributed by atoms with Gasteiger partial charge in [0.1, 0.15) is 5.82 Å². The topological polar surface area (TPSA) is 66.0 Å². The average molecular weight is 342 g/mol. The first-order chi connectivity index (χ1) is 12.7. The van der Waals surface area contributed by atoms with Crippen LogP contribution in [0.3, 0.4) is 0 Å². The number of imidazole rings is 1. The van der Waals surface area contributed by atoms with Crippen LogP contribution in [-0.4, -0.2) is 21.0 Å². The zero-order chi connectivity index (χ0) is 17.9. The van der Waals surface area contributed by atoms with E-state index in [1.807, 2.05) is 54.6 Å². The van der Waals surface area contributed by atoms with E-state index in [1.165, 1.54) is 0 Å². The molecule has 4 nitrogen and oxygen atoms in total. The number of rotatable bonds is 5. The molecule has 0 fully saturated rings. The number of hydrogen-bond acceptors (Lipinski definition) is 2. The van der Waals surface area contributed by atoms with Crippen molar-refractivity contribution in [2.75, 3.05) is 0 Å². The van der Waals surface area contributed by atoms with Crippen molar-refractivity contribution in [3.05, 3.63) is 101 Å². The Bertz CT molecular complexity index is 1000. The zero-order valence-electron chi connectivity index (χ0n) is 14.1. The fourth-order valence-corrected chi connectivity index (χ4v) is 3.29. The molecule has 1 heterocycles. The van der Waals surface area contributed by atoms with Crippen LogP contribution < -0.4 is 0 Å². The van der Waals surface area contributed by atoms with Crippen LogP contribution in [0.2, 0.25) is 0 Å². The van der Waals surface area contributed by atoms with E-state index >= 15 is 0 Å². The lowest BCUT2D eigenvalue weighted by Crippen LogP contribution is -2.05. The molecule has 4 heteroatoms. The van der Waals surface area contributed by atoms with Gasteiger partial charge < -0.3 is 10.1 Å². The molecule has 0 aliphatic carbocycles. The lowest BCUT2D eigenvalue weighted by atomic mass is 9.91. The second kappa shape index (κ2) is 6.84. The Morgan fingerprint density at radius 1 is 0.923 bits per heavy atom. The highest BCUT2D eigenvalue weighted by Crippen LogP contribution is 2.31. The molecular formula is C22H18N2O2. The molecule has 0 saturated carbocycles. The Kier molecular flexibility index (Phi) is 4.23. The molecule has 4 aromatic rings. The minimum absolute atomic E-state index is 0.00106. The quantitative estimate of drug-likeness (QED) is 0.566. The van der Waals surface area contributed by atoms with Gasteiger partial charge >= 0.3 is 5.97 Å². The Hall–Kier alpha value is -3.40. The molecule has 4 rings (SSSR count). The number of carboxylic acids is 1. The summed E-state index contributed by atoms with van der Waals surface area (Å²) >= 11 is 0. The third kappa shape index (κ3) is 3.22. The molecule has 1 aromatic heterocycles. The standard InChI is InChI=1S/C22H18N2O2/c25-20(26)14-15-11-12-18-19(13-15)24-22(23-18)21(16-7-3-1-4-8-16)17-9-5-2-6-10-17/h1-13,21H,14H2,(H,23,24)(H,25,26). The predicted molar refractivity (Wildman–Crippen MR) is 101 cm³/mol. The van der Waals surface area contributed by atoms with E-state index in [1.54, 1.807) is 0 Å². The highest BCUT2D eigenvalue weighted by atomic mass is 16.4. The SMILES string of the molecule is O=C(O)Cc1ccc2[nH]c(C(c3ccccc3)c3ccccc3)nc2c1. The molecule has 0 atom stereocenters. The van der Waals surface area contributed by atoms with E-state index in [4.69, 9.17) is 10.1 Å². The third-order valence-electron chi connectivity index (χ3n) is 4.46. The summed E-state index contributed by atoms with van der Waals surface area (Å²) in [6.45, 7) is 0. The maximum atomic E-state index is 11.0. The van der Waals surface area contributed by atoms with Gasteiger partial charge in [-0.15, -0.1) is 0 Å². The van der Waals surface area contributed by atoms with Gasteiger partial charge in [-0.25, -0.2) is 4.98 Å². The van der Waals surface area contributed by atoms with Crippen LogP contribution in [0.1, 0.15) is 28.4 Å². The van der Waals surface area contributed by atoms with Crippen molar-refractivity contribution in [3.8, 4) is 0 Å². The number of H-pyrrole nitrogens is 1. The van der Waals surface area contributed by atoms with Crippen LogP contribution in [0.25, 0.3) is 11.0 Å². The fraction of sp³-hybridized carbons (Fsp3) is 0.0909. The zero-order valence-corrected chi connectivity index (χ0v) is 14.1. The van der Waals surface area contributed by atoms with Crippen LogP contribution in [0.15, 0.2) is 78.9 Å². The summed E-state index contributed by atoms with van der Waals surface area (Å²) in [7, 11) is 0. The molecule has 0 spiro atoms. The molecule has 0 radical (unpaired) electrons. The first-order valence-corrected chi connectivity index (χ1v) is 8.51. The summed E-state index contributed by atoms with van der Waals surface area (Å²) in [5, 5.41) is 9.00. The number of aromatic nitrogens is 2. The summed E-state index contributed by atoms with van der Waals surface area (Å²) in [6.07, 6.45) is -0.00106. The van der Waals surface area contributed by atoms with E-state index in [9.17, 15) is 4.79 Å². The highest BCUT2D eigenvalue weighted by molar-refractivity contribution is 5.78. The van der Waals surface area contributed by atoms with Crippen molar-refractivity contribution in [2.24, 2.45) is 0 Å². The van der Waals surface area contributed by atoms with Crippen molar-refractivity contribution >= 4 is 17.0 Å². The molecule has 128 valence electrons. The maximum Gasteiger partial charge on any atom is 0.307 e. The molecule has 0 amide bonds. The number of carbonyl (C=O) groups is 1. The average Bonchev–Trinajstić information content (AvgIpc) is 3.06. The second-order valence-corrected chi connectivity index (χ2v) is 6.30. The largest absolute Gasteiger partial charge is 0.481 e. The smallest absolute Gasteiger partial charge is 0.307 e. The molecule has 3 aromatic carbocycles. The molecule has 0 aliphatic heterocycles. The summed E-state index contributed by atoms with van der Waals surface area (Å²) in [4.78, 5) is 19.2. The van der Waals surface area contributed by atoms with Crippen molar-refractivity contribution in [1.29, 1.82) is 0 Å². The van der Waals surface area contributed by atoms with Gasteiger partial charge in [-0.3, -0.25) is 4.79 Å². The van der Waals surface area contributed by atoms with E-state index in [0.717, 1.165) is 33.5 Å². The monoisotopic (exact) mass is 342 g/mol. The number of carboxylic acid groups (broad SMARTS) is 1.